The lowest BCUT2D eigenvalue weighted by atomic mass is 9.99. The molecule has 0 saturated carbocycles. The van der Waals surface area contributed by atoms with Gasteiger partial charge >= 0.3 is 39.5 Å². The molecule has 0 fully saturated rings. The molecule has 106 heavy (non-hydrogen) atoms. The zero-order valence-electron chi connectivity index (χ0n) is 69.9. The number of hydrogen-bond donors (Lipinski definition) is 3. The number of phosphoric ester groups is 2. The van der Waals surface area contributed by atoms with Crippen LogP contribution in [0.25, 0.3) is 0 Å². The SMILES string of the molecule is CCCCCCCCCCCCCCCCCCCCC(=O)OC[C@H](COP(=O)(O)OC[C@@H](O)COP(=O)(O)OC[C@@H](COC(=O)CCCCCCCCCCCCC(C)C)OC(=O)CCCCCCCCCCCCC(C)CC)OC(=O)CCCCCCCCCCCCCCCCCCCCC(C)C. The van der Waals surface area contributed by atoms with E-state index in [-0.39, 0.29) is 25.7 Å². The van der Waals surface area contributed by atoms with Crippen LogP contribution >= 0.6 is 15.6 Å². The second kappa shape index (κ2) is 77.0. The van der Waals surface area contributed by atoms with Crippen molar-refractivity contribution < 1.29 is 80.2 Å². The smallest absolute Gasteiger partial charge is 0.462 e. The average Bonchev–Trinajstić information content (AvgIpc) is 0.901. The van der Waals surface area contributed by atoms with Crippen molar-refractivity contribution in [3.8, 4) is 0 Å². The van der Waals surface area contributed by atoms with Gasteiger partial charge in [-0.05, 0) is 43.4 Å². The Morgan fingerprint density at radius 2 is 0.481 bits per heavy atom. The van der Waals surface area contributed by atoms with Crippen LogP contribution in [-0.4, -0.2) is 96.7 Å². The highest BCUT2D eigenvalue weighted by atomic mass is 31.2. The Hall–Kier alpha value is -1.94. The first-order chi connectivity index (χ1) is 51.3. The van der Waals surface area contributed by atoms with Gasteiger partial charge in [0, 0.05) is 25.7 Å². The third-order valence-corrected chi connectivity index (χ3v) is 22.6. The fourth-order valence-corrected chi connectivity index (χ4v) is 15.1. The van der Waals surface area contributed by atoms with Gasteiger partial charge in [-0.15, -0.1) is 0 Å². The number of ether oxygens (including phenoxy) is 4. The van der Waals surface area contributed by atoms with Crippen LogP contribution in [0, 0.1) is 17.8 Å². The molecule has 0 aliphatic rings. The Labute approximate surface area is 651 Å². The maximum Gasteiger partial charge on any atom is 0.472 e. The molecule has 0 aromatic heterocycles. The normalized spacial score (nSPS) is 14.1. The summed E-state index contributed by atoms with van der Waals surface area (Å²) in [7, 11) is -9.93. The molecule has 0 aliphatic carbocycles. The van der Waals surface area contributed by atoms with E-state index in [2.05, 4.69) is 48.5 Å². The van der Waals surface area contributed by atoms with Crippen molar-refractivity contribution in [2.75, 3.05) is 39.6 Å². The lowest BCUT2D eigenvalue weighted by Crippen LogP contribution is -2.30. The van der Waals surface area contributed by atoms with Crippen LogP contribution in [0.3, 0.4) is 0 Å². The van der Waals surface area contributed by atoms with E-state index in [9.17, 15) is 43.2 Å². The minimum Gasteiger partial charge on any atom is -0.462 e. The van der Waals surface area contributed by atoms with Gasteiger partial charge in [-0.3, -0.25) is 37.3 Å². The Morgan fingerprint density at radius 3 is 0.717 bits per heavy atom. The molecule has 0 spiro atoms. The molecular weight excluding hydrogens is 1380 g/mol. The zero-order valence-corrected chi connectivity index (χ0v) is 71.7. The van der Waals surface area contributed by atoms with Gasteiger partial charge < -0.3 is 33.8 Å². The van der Waals surface area contributed by atoms with Gasteiger partial charge in [0.15, 0.2) is 12.2 Å². The monoisotopic (exact) mass is 1550 g/mol. The maximum atomic E-state index is 13.2. The van der Waals surface area contributed by atoms with E-state index in [0.29, 0.717) is 25.7 Å². The van der Waals surface area contributed by atoms with E-state index in [0.717, 1.165) is 108 Å². The van der Waals surface area contributed by atoms with Crippen LogP contribution in [0.15, 0.2) is 0 Å². The van der Waals surface area contributed by atoms with Crippen molar-refractivity contribution in [1.82, 2.24) is 0 Å². The summed E-state index contributed by atoms with van der Waals surface area (Å²) in [4.78, 5) is 73.3. The Bertz CT molecular complexity index is 2050. The minimum atomic E-state index is -4.97. The highest BCUT2D eigenvalue weighted by Crippen LogP contribution is 2.45. The summed E-state index contributed by atoms with van der Waals surface area (Å²) < 4.78 is 69.0. The molecule has 3 N–H and O–H groups in total. The van der Waals surface area contributed by atoms with Crippen LogP contribution < -0.4 is 0 Å². The molecule has 0 aliphatic heterocycles. The summed E-state index contributed by atoms with van der Waals surface area (Å²) in [6, 6.07) is 0. The van der Waals surface area contributed by atoms with Crippen molar-refractivity contribution in [3.63, 3.8) is 0 Å². The van der Waals surface area contributed by atoms with E-state index in [4.69, 9.17) is 37.0 Å². The Kier molecular flexibility index (Phi) is 75.6. The zero-order chi connectivity index (χ0) is 77.9. The molecule has 0 saturated heterocycles. The minimum absolute atomic E-state index is 0.106. The third kappa shape index (κ3) is 78.7. The van der Waals surface area contributed by atoms with Gasteiger partial charge in [0.25, 0.3) is 0 Å². The van der Waals surface area contributed by atoms with E-state index < -0.39 is 97.5 Å². The number of carbonyl (C=O) groups excluding carboxylic acids is 4. The molecule has 0 rings (SSSR count). The van der Waals surface area contributed by atoms with Crippen molar-refractivity contribution in [1.29, 1.82) is 0 Å². The molecule has 0 bridgehead atoms. The highest BCUT2D eigenvalue weighted by molar-refractivity contribution is 7.47. The molecule has 0 aromatic carbocycles. The maximum absolute atomic E-state index is 13.2. The van der Waals surface area contributed by atoms with Gasteiger partial charge in [0.05, 0.1) is 26.4 Å². The first-order valence-corrected chi connectivity index (χ1v) is 47.9. The molecule has 0 heterocycles. The van der Waals surface area contributed by atoms with E-state index >= 15 is 0 Å². The third-order valence-electron chi connectivity index (χ3n) is 20.7. The summed E-state index contributed by atoms with van der Waals surface area (Å²) in [5.41, 5.74) is 0. The van der Waals surface area contributed by atoms with Crippen molar-refractivity contribution >= 4 is 39.5 Å². The Morgan fingerprint density at radius 1 is 0.274 bits per heavy atom. The van der Waals surface area contributed by atoms with Crippen LogP contribution in [0.5, 0.6) is 0 Å². The molecule has 0 radical (unpaired) electrons. The summed E-state index contributed by atoms with van der Waals surface area (Å²) >= 11 is 0. The van der Waals surface area contributed by atoms with Crippen molar-refractivity contribution in [2.24, 2.45) is 17.8 Å². The number of hydrogen-bond acceptors (Lipinski definition) is 15. The number of rotatable bonds is 85. The average molecular weight is 1550 g/mol. The number of aliphatic hydroxyl groups is 1. The first-order valence-electron chi connectivity index (χ1n) is 44.9. The van der Waals surface area contributed by atoms with Gasteiger partial charge in [-0.25, -0.2) is 9.13 Å². The number of unbranched alkanes of at least 4 members (excludes halogenated alkanes) is 52. The lowest BCUT2D eigenvalue weighted by molar-refractivity contribution is -0.161. The number of aliphatic hydroxyl groups excluding tert-OH is 1. The molecule has 19 heteroatoms. The van der Waals surface area contributed by atoms with Crippen LogP contribution in [-0.2, 0) is 65.4 Å². The summed E-state index contributed by atoms with van der Waals surface area (Å²) in [5.74, 6) is 0.279. The van der Waals surface area contributed by atoms with E-state index in [1.807, 2.05) is 0 Å². The van der Waals surface area contributed by atoms with Crippen LogP contribution in [0.4, 0.5) is 0 Å². The summed E-state index contributed by atoms with van der Waals surface area (Å²) in [6.07, 6.45) is 68.0. The number of phosphoric acid groups is 2. The Balaban J connectivity index is 5.26. The fourth-order valence-electron chi connectivity index (χ4n) is 13.5. The molecule has 0 amide bonds. The number of esters is 4. The van der Waals surface area contributed by atoms with E-state index in [1.54, 1.807) is 0 Å². The van der Waals surface area contributed by atoms with Crippen LogP contribution in [0.2, 0.25) is 0 Å². The first kappa shape index (κ1) is 104. The van der Waals surface area contributed by atoms with Gasteiger partial charge in [0.2, 0.25) is 0 Å². The highest BCUT2D eigenvalue weighted by Gasteiger charge is 2.31. The van der Waals surface area contributed by atoms with E-state index in [1.165, 1.54) is 270 Å². The molecule has 6 atom stereocenters. The van der Waals surface area contributed by atoms with Crippen molar-refractivity contribution in [2.45, 2.75) is 478 Å². The summed E-state index contributed by atoms with van der Waals surface area (Å²) in [6.45, 7) is 12.0. The standard InChI is InChI=1S/C87H170O17P2/c1-8-10-11-12-13-14-15-16-17-18-22-25-28-31-40-47-54-61-68-84(89)97-74-82(103-86(91)70-63-56-49-42-32-29-26-23-20-19-21-24-27-30-37-44-51-58-65-78(3)4)76-101-105(93,94)99-72-81(88)73-100-106(95,96)102-77-83(75-98-85(90)69-62-55-48-41-35-33-38-45-52-59-66-79(5)6)104-87(92)71-64-57-50-43-36-34-39-46-53-60-67-80(7)9-2/h78-83,88H,8-77H2,1-7H3,(H,93,94)(H,95,96)/t80?,81-,82-,83-/m1/s1. The molecule has 3 unspecified atom stereocenters. The fraction of sp³-hybridized carbons (Fsp3) is 0.954. The molecule has 630 valence electrons. The second-order valence-corrected chi connectivity index (χ2v) is 35.4. The summed E-state index contributed by atoms with van der Waals surface area (Å²) in [5, 5.41) is 10.7. The lowest BCUT2D eigenvalue weighted by Gasteiger charge is -2.21. The molecule has 17 nitrogen and oxygen atoms in total. The topological polar surface area (TPSA) is 237 Å². The van der Waals surface area contributed by atoms with Gasteiger partial charge in [0.1, 0.15) is 19.3 Å². The molecule has 0 aromatic rings. The predicted octanol–water partition coefficient (Wildman–Crippen LogP) is 26.5. The van der Waals surface area contributed by atoms with Gasteiger partial charge in [-0.2, -0.15) is 0 Å². The van der Waals surface area contributed by atoms with Crippen LogP contribution in [0.1, 0.15) is 459 Å². The second-order valence-electron chi connectivity index (χ2n) is 32.5. The van der Waals surface area contributed by atoms with Crippen molar-refractivity contribution in [3.05, 3.63) is 0 Å². The molecular formula is C87H170O17P2. The predicted molar refractivity (Wildman–Crippen MR) is 437 cm³/mol. The quantitative estimate of drug-likeness (QED) is 0.0222. The van der Waals surface area contributed by atoms with Gasteiger partial charge in [-0.1, -0.05) is 408 Å². The largest absolute Gasteiger partial charge is 0.472 e. The number of carbonyl (C=O) groups is 4.